The predicted octanol–water partition coefficient (Wildman–Crippen LogP) is 5.19. The molecule has 0 atom stereocenters. The Balaban J connectivity index is 2.00. The number of aromatic hydroxyl groups is 1. The monoisotopic (exact) mass is 402 g/mol. The van der Waals surface area contributed by atoms with E-state index in [1.807, 2.05) is 0 Å². The fourth-order valence-corrected chi connectivity index (χ4v) is 2.97. The van der Waals surface area contributed by atoms with Gasteiger partial charge < -0.3 is 9.58 Å². The fraction of sp³-hybridized carbons (Fsp3) is 0.0556. The molecule has 1 N–H and O–H groups in total. The van der Waals surface area contributed by atoms with Crippen LogP contribution in [-0.2, 0) is 0 Å². The lowest BCUT2D eigenvalue weighted by Crippen LogP contribution is -2.16. The number of benzene rings is 1. The molecule has 0 saturated heterocycles. The molecule has 0 saturated carbocycles. The predicted molar refractivity (Wildman–Crippen MR) is 103 cm³/mol. The Kier molecular flexibility index (Phi) is 5.04. The molecule has 126 valence electrons. The van der Waals surface area contributed by atoms with E-state index in [2.05, 4.69) is 20.9 Å². The van der Waals surface area contributed by atoms with Crippen LogP contribution in [0.4, 0.5) is 8.63 Å². The van der Waals surface area contributed by atoms with Crippen LogP contribution in [0.2, 0.25) is 0 Å². The van der Waals surface area contributed by atoms with Crippen LogP contribution in [0.25, 0.3) is 18.2 Å². The highest BCUT2D eigenvalue weighted by molar-refractivity contribution is 9.10. The largest absolute Gasteiger partial charge is 0.678 e. The molecule has 7 heteroatoms. The molecule has 0 radical (unpaired) electrons. The van der Waals surface area contributed by atoms with Crippen molar-refractivity contribution in [2.45, 2.75) is 6.92 Å². The number of phenolic OH excluding ortho intramolecular Hbond substituents is 1. The van der Waals surface area contributed by atoms with Crippen LogP contribution in [0.1, 0.15) is 22.5 Å². The Bertz CT molecular complexity index is 915. The topological polar surface area (TPSA) is 37.5 Å². The first-order chi connectivity index (χ1) is 12.0. The molecule has 0 amide bonds. The molecular weight excluding hydrogens is 389 g/mol. The van der Waals surface area contributed by atoms with Gasteiger partial charge in [0.15, 0.2) is 0 Å². The second-order valence-electron chi connectivity index (χ2n) is 5.54. The van der Waals surface area contributed by atoms with Crippen molar-refractivity contribution < 1.29 is 13.7 Å². The molecule has 1 aromatic carbocycles. The molecule has 0 aliphatic carbocycles. The summed E-state index contributed by atoms with van der Waals surface area (Å²) in [6.07, 6.45) is 10.2. The molecule has 3 rings (SSSR count). The Morgan fingerprint density at radius 3 is 2.68 bits per heavy atom. The summed E-state index contributed by atoms with van der Waals surface area (Å²) in [7, 11) is -2.67. The van der Waals surface area contributed by atoms with Gasteiger partial charge in [-0.05, 0) is 76.5 Å². The van der Waals surface area contributed by atoms with E-state index in [0.29, 0.717) is 21.6 Å². The molecule has 0 bridgehead atoms. The summed E-state index contributed by atoms with van der Waals surface area (Å²) in [4.78, 5) is 4.11. The zero-order valence-corrected chi connectivity index (χ0v) is 14.9. The fourth-order valence-electron chi connectivity index (χ4n) is 2.57. The van der Waals surface area contributed by atoms with Crippen molar-refractivity contribution in [1.82, 2.24) is 4.48 Å². The number of nitrogens with zero attached hydrogens (tertiary/aromatic N) is 2. The number of aryl methyl sites for hydroxylation is 1. The third kappa shape index (κ3) is 3.82. The van der Waals surface area contributed by atoms with Crippen molar-refractivity contribution in [3.63, 3.8) is 0 Å². The van der Waals surface area contributed by atoms with E-state index in [-0.39, 0.29) is 5.75 Å². The number of aromatic nitrogens is 1. The van der Waals surface area contributed by atoms with E-state index in [9.17, 15) is 13.7 Å². The summed E-state index contributed by atoms with van der Waals surface area (Å²) >= 11 is 3.24. The van der Waals surface area contributed by atoms with Gasteiger partial charge in [0, 0.05) is 17.6 Å². The summed E-state index contributed by atoms with van der Waals surface area (Å²) < 4.78 is 28.8. The third-order valence-corrected chi connectivity index (χ3v) is 4.42. The summed E-state index contributed by atoms with van der Waals surface area (Å²) in [6, 6.07) is 6.68. The lowest BCUT2D eigenvalue weighted by Gasteiger charge is -2.06. The lowest BCUT2D eigenvalue weighted by molar-refractivity contribution is 0.472. The average molecular weight is 403 g/mol. The molecule has 3 nitrogen and oxygen atoms in total. The summed E-state index contributed by atoms with van der Waals surface area (Å²) in [5.41, 5.74) is 3.00. The zero-order chi connectivity index (χ0) is 18.0. The van der Waals surface area contributed by atoms with Crippen molar-refractivity contribution in [3.05, 3.63) is 69.1 Å². The number of hydrogen-bond acceptors (Lipinski definition) is 2. The van der Waals surface area contributed by atoms with Crippen molar-refractivity contribution in [2.75, 3.05) is 0 Å². The van der Waals surface area contributed by atoms with Crippen LogP contribution in [0, 0.1) is 6.92 Å². The number of rotatable bonds is 4. The minimum atomic E-state index is -2.67. The van der Waals surface area contributed by atoms with E-state index in [1.54, 1.807) is 67.8 Å². The molecule has 2 aromatic rings. The first kappa shape index (κ1) is 17.4. The Morgan fingerprint density at radius 2 is 2.04 bits per heavy atom. The summed E-state index contributed by atoms with van der Waals surface area (Å²) in [5.74, 6) is 0.128. The van der Waals surface area contributed by atoms with Gasteiger partial charge in [-0.2, -0.15) is 0 Å². The first-order valence-corrected chi connectivity index (χ1v) is 8.34. The molecule has 1 aliphatic heterocycles. The van der Waals surface area contributed by atoms with E-state index < -0.39 is 7.40 Å². The minimum Gasteiger partial charge on any atom is -0.507 e. The SMILES string of the molecule is Cc1cc(/C=C/c2ccc(O)c(Br)c2)n(B(F)F)c1/C=C1/C=CC=N1. The molecule has 2 heterocycles. The van der Waals surface area contributed by atoms with Gasteiger partial charge >= 0.3 is 7.40 Å². The smallest absolute Gasteiger partial charge is 0.507 e. The quantitative estimate of drug-likeness (QED) is 0.702. The second kappa shape index (κ2) is 7.23. The van der Waals surface area contributed by atoms with E-state index in [4.69, 9.17) is 0 Å². The van der Waals surface area contributed by atoms with Crippen molar-refractivity contribution in [2.24, 2.45) is 4.99 Å². The number of phenols is 1. The Hall–Kier alpha value is -2.41. The summed E-state index contributed by atoms with van der Waals surface area (Å²) in [5, 5.41) is 9.52. The van der Waals surface area contributed by atoms with Crippen LogP contribution in [0.5, 0.6) is 5.75 Å². The summed E-state index contributed by atoms with van der Waals surface area (Å²) in [6.45, 7) is 1.79. The van der Waals surface area contributed by atoms with Gasteiger partial charge in [-0.3, -0.25) is 13.6 Å². The van der Waals surface area contributed by atoms with E-state index in [0.717, 1.165) is 15.6 Å². The normalized spacial score (nSPS) is 15.0. The zero-order valence-electron chi connectivity index (χ0n) is 13.3. The highest BCUT2D eigenvalue weighted by Crippen LogP contribution is 2.26. The molecule has 1 aromatic heterocycles. The van der Waals surface area contributed by atoms with E-state index in [1.165, 1.54) is 0 Å². The standard InChI is InChI=1S/C18H14BBrF2N2O/c1-12-9-15(6-4-13-5-7-18(25)16(20)10-13)24(19(21)22)17(12)11-14-3-2-8-23-14/h2-11,25H,1H3/b6-4+,14-11-. The molecule has 0 unspecified atom stereocenters. The van der Waals surface area contributed by atoms with Crippen molar-refractivity contribution in [1.29, 1.82) is 0 Å². The van der Waals surface area contributed by atoms with Gasteiger partial charge in [-0.25, -0.2) is 0 Å². The number of hydrogen-bond donors (Lipinski definition) is 1. The number of allylic oxidation sites excluding steroid dienone is 2. The molecule has 1 aliphatic rings. The Labute approximate surface area is 153 Å². The maximum Gasteiger partial charge on any atom is 0.678 e. The van der Waals surface area contributed by atoms with Gasteiger partial charge in [-0.1, -0.05) is 12.1 Å². The van der Waals surface area contributed by atoms with Gasteiger partial charge in [0.25, 0.3) is 0 Å². The lowest BCUT2D eigenvalue weighted by atomic mass is 10.1. The molecular formula is C18H14BBrF2N2O. The van der Waals surface area contributed by atoms with Crippen LogP contribution >= 0.6 is 15.9 Å². The van der Waals surface area contributed by atoms with Crippen LogP contribution in [0.15, 0.2) is 51.6 Å². The molecule has 0 spiro atoms. The number of aliphatic imine (C=N–C) groups is 1. The average Bonchev–Trinajstić information content (AvgIpc) is 3.17. The maximum atomic E-state index is 13.6. The first-order valence-electron chi connectivity index (χ1n) is 7.55. The van der Waals surface area contributed by atoms with Gasteiger partial charge in [-0.15, -0.1) is 0 Å². The van der Waals surface area contributed by atoms with Crippen LogP contribution in [0.3, 0.4) is 0 Å². The highest BCUT2D eigenvalue weighted by Gasteiger charge is 2.24. The van der Waals surface area contributed by atoms with Gasteiger partial charge in [0.2, 0.25) is 0 Å². The van der Waals surface area contributed by atoms with Crippen molar-refractivity contribution >= 4 is 47.8 Å². The van der Waals surface area contributed by atoms with Crippen molar-refractivity contribution in [3.8, 4) is 5.75 Å². The molecule has 25 heavy (non-hydrogen) atoms. The third-order valence-electron chi connectivity index (χ3n) is 3.78. The molecule has 0 fully saturated rings. The Morgan fingerprint density at radius 1 is 1.24 bits per heavy atom. The highest BCUT2D eigenvalue weighted by atomic mass is 79.9. The van der Waals surface area contributed by atoms with Gasteiger partial charge in [0.1, 0.15) is 5.75 Å². The number of halogens is 3. The van der Waals surface area contributed by atoms with Gasteiger partial charge in [0.05, 0.1) is 10.2 Å². The van der Waals surface area contributed by atoms with E-state index >= 15 is 0 Å². The second-order valence-corrected chi connectivity index (χ2v) is 6.39. The maximum absolute atomic E-state index is 13.6. The van der Waals surface area contributed by atoms with Crippen LogP contribution in [-0.4, -0.2) is 23.2 Å². The minimum absolute atomic E-state index is 0.128. The van der Waals surface area contributed by atoms with Crippen LogP contribution < -0.4 is 0 Å².